The number of sulfone groups is 2. The molecule has 5 nitrogen and oxygen atoms in total. The molecule has 0 radical (unpaired) electrons. The predicted octanol–water partition coefficient (Wildman–Crippen LogP) is 3.30. The van der Waals surface area contributed by atoms with E-state index in [4.69, 9.17) is 46.4 Å². The molecule has 0 spiro atoms. The van der Waals surface area contributed by atoms with Gasteiger partial charge in [0, 0.05) is 5.39 Å². The van der Waals surface area contributed by atoms with Crippen molar-refractivity contribution in [3.63, 3.8) is 0 Å². The number of hydrogen-bond acceptors (Lipinski definition) is 5. The summed E-state index contributed by atoms with van der Waals surface area (Å²) in [6.45, 7) is 0. The summed E-state index contributed by atoms with van der Waals surface area (Å²) in [7, 11) is -8.38. The summed E-state index contributed by atoms with van der Waals surface area (Å²) in [4.78, 5) is 3.53. The predicted molar refractivity (Wildman–Crippen MR) is 87.1 cm³/mol. The van der Waals surface area contributed by atoms with Crippen LogP contribution in [0.1, 0.15) is 0 Å². The number of nitrogens with zero attached hydrogens (tertiary/aromatic N) is 1. The Labute approximate surface area is 147 Å². The Balaban J connectivity index is 2.92. The first-order valence-electron chi connectivity index (χ1n) is 5.52. The minimum absolute atomic E-state index is 0.130. The van der Waals surface area contributed by atoms with Crippen molar-refractivity contribution in [2.24, 2.45) is 0 Å². The summed E-state index contributed by atoms with van der Waals surface area (Å²) in [6, 6.07) is 6.89. The number of benzene rings is 1. The standard InChI is InChI=1S/C11H7Cl4NO4S2/c12-10(13)21(17,18)8-5-9(22(19,20)11(14)15)16-7-4-2-1-3-6(7)8/h1-5,10-11H. The molecule has 2 rings (SSSR count). The molecule has 0 N–H and O–H groups in total. The monoisotopic (exact) mass is 421 g/mol. The molecule has 0 bridgehead atoms. The molecular weight excluding hydrogens is 416 g/mol. The average molecular weight is 423 g/mol. The van der Waals surface area contributed by atoms with Crippen molar-refractivity contribution >= 4 is 77.0 Å². The molecule has 0 aliphatic heterocycles. The van der Waals surface area contributed by atoms with Crippen LogP contribution in [0, 0.1) is 0 Å². The Morgan fingerprint density at radius 3 is 1.95 bits per heavy atom. The summed E-state index contributed by atoms with van der Waals surface area (Å²) < 4.78 is 45.0. The molecule has 1 aromatic carbocycles. The van der Waals surface area contributed by atoms with Gasteiger partial charge in [-0.05, 0) is 12.1 Å². The van der Waals surface area contributed by atoms with Gasteiger partial charge in [0.25, 0.3) is 0 Å². The number of para-hydroxylation sites is 1. The van der Waals surface area contributed by atoms with Crippen molar-refractivity contribution < 1.29 is 16.8 Å². The van der Waals surface area contributed by atoms with Gasteiger partial charge in [-0.3, -0.25) is 0 Å². The molecule has 1 heterocycles. The summed E-state index contributed by atoms with van der Waals surface area (Å²) >= 11 is 21.8. The zero-order valence-electron chi connectivity index (χ0n) is 10.5. The van der Waals surface area contributed by atoms with Gasteiger partial charge in [0.15, 0.2) is 5.03 Å². The summed E-state index contributed by atoms with van der Waals surface area (Å²) in [5.41, 5.74) is 0.130. The van der Waals surface area contributed by atoms with Crippen LogP contribution in [0.15, 0.2) is 40.3 Å². The average Bonchev–Trinajstić information content (AvgIpc) is 2.45. The first-order valence-corrected chi connectivity index (χ1v) is 10.4. The lowest BCUT2D eigenvalue weighted by molar-refractivity contribution is 0.594. The van der Waals surface area contributed by atoms with E-state index in [1.54, 1.807) is 12.1 Å². The molecule has 0 atom stereocenters. The van der Waals surface area contributed by atoms with Crippen LogP contribution in [0.25, 0.3) is 10.9 Å². The third kappa shape index (κ3) is 3.16. The molecule has 11 heteroatoms. The van der Waals surface area contributed by atoms with E-state index >= 15 is 0 Å². The maximum atomic E-state index is 12.2. The maximum Gasteiger partial charge on any atom is 0.226 e. The van der Waals surface area contributed by atoms with Crippen LogP contribution in [0.4, 0.5) is 0 Å². The fraction of sp³-hybridized carbons (Fsp3) is 0.182. The van der Waals surface area contributed by atoms with Gasteiger partial charge in [-0.25, -0.2) is 21.8 Å². The van der Waals surface area contributed by atoms with E-state index in [0.717, 1.165) is 6.07 Å². The van der Waals surface area contributed by atoms with Gasteiger partial charge in [-0.1, -0.05) is 64.6 Å². The minimum Gasteiger partial charge on any atom is -0.236 e. The molecular formula is C11H7Cl4NO4S2. The zero-order valence-corrected chi connectivity index (χ0v) is 15.1. The van der Waals surface area contributed by atoms with E-state index in [0.29, 0.717) is 0 Å². The quantitative estimate of drug-likeness (QED) is 0.706. The topological polar surface area (TPSA) is 81.2 Å². The second-order valence-electron chi connectivity index (χ2n) is 4.09. The third-order valence-electron chi connectivity index (χ3n) is 2.72. The second-order valence-corrected chi connectivity index (χ2v) is 11.3. The van der Waals surface area contributed by atoms with Crippen molar-refractivity contribution in [1.82, 2.24) is 4.98 Å². The number of pyridine rings is 1. The van der Waals surface area contributed by atoms with Crippen molar-refractivity contribution in [3.05, 3.63) is 30.3 Å². The van der Waals surface area contributed by atoms with Gasteiger partial charge in [0.1, 0.15) is 0 Å². The van der Waals surface area contributed by atoms with Crippen molar-refractivity contribution in [2.45, 2.75) is 18.3 Å². The van der Waals surface area contributed by atoms with Crippen LogP contribution < -0.4 is 0 Å². The van der Waals surface area contributed by atoms with E-state index in [9.17, 15) is 16.8 Å². The smallest absolute Gasteiger partial charge is 0.226 e. The normalized spacial score (nSPS) is 13.2. The Kier molecular flexibility index (Phi) is 5.16. The molecule has 2 aromatic rings. The van der Waals surface area contributed by atoms with E-state index in [2.05, 4.69) is 4.98 Å². The zero-order chi connectivity index (χ0) is 16.7. The molecule has 1 aromatic heterocycles. The molecule has 0 saturated carbocycles. The van der Waals surface area contributed by atoms with E-state index in [1.807, 2.05) is 0 Å². The van der Waals surface area contributed by atoms with Crippen LogP contribution in [-0.2, 0) is 19.7 Å². The highest BCUT2D eigenvalue weighted by atomic mass is 35.5. The van der Waals surface area contributed by atoms with Crippen LogP contribution in [-0.4, -0.2) is 30.2 Å². The highest BCUT2D eigenvalue weighted by Gasteiger charge is 2.31. The number of hydrogen-bond donors (Lipinski definition) is 0. The maximum absolute atomic E-state index is 12.2. The number of alkyl halides is 4. The van der Waals surface area contributed by atoms with Crippen molar-refractivity contribution in [2.75, 3.05) is 0 Å². The van der Waals surface area contributed by atoms with E-state index < -0.39 is 33.0 Å². The first kappa shape index (κ1) is 18.0. The van der Waals surface area contributed by atoms with Gasteiger partial charge < -0.3 is 0 Å². The Morgan fingerprint density at radius 1 is 0.864 bits per heavy atom. The largest absolute Gasteiger partial charge is 0.236 e. The molecule has 120 valence electrons. The highest BCUT2D eigenvalue weighted by Crippen LogP contribution is 2.31. The minimum atomic E-state index is -4.21. The van der Waals surface area contributed by atoms with Crippen LogP contribution in [0.3, 0.4) is 0 Å². The van der Waals surface area contributed by atoms with E-state index in [-0.39, 0.29) is 15.8 Å². The number of halogens is 4. The number of aromatic nitrogens is 1. The van der Waals surface area contributed by atoms with Crippen LogP contribution in [0.5, 0.6) is 0 Å². The molecule has 22 heavy (non-hydrogen) atoms. The lowest BCUT2D eigenvalue weighted by Crippen LogP contribution is -2.15. The number of rotatable bonds is 4. The van der Waals surface area contributed by atoms with Gasteiger partial charge in [0.2, 0.25) is 28.0 Å². The highest BCUT2D eigenvalue weighted by molar-refractivity contribution is 7.95. The van der Waals surface area contributed by atoms with Crippen molar-refractivity contribution in [1.29, 1.82) is 0 Å². The van der Waals surface area contributed by atoms with Crippen molar-refractivity contribution in [3.8, 4) is 0 Å². The van der Waals surface area contributed by atoms with E-state index in [1.165, 1.54) is 12.1 Å². The fourth-order valence-corrected chi connectivity index (χ4v) is 4.52. The van der Waals surface area contributed by atoms with Gasteiger partial charge >= 0.3 is 0 Å². The summed E-state index contributed by atoms with van der Waals surface area (Å²) in [6.07, 6.45) is 0. The Bertz CT molecular complexity index is 926. The summed E-state index contributed by atoms with van der Waals surface area (Å²) in [5, 5.41) is -0.387. The second kappa shape index (κ2) is 6.30. The number of fused-ring (bicyclic) bond motifs is 1. The summed E-state index contributed by atoms with van der Waals surface area (Å²) in [5.74, 6) is 0. The molecule has 0 fully saturated rings. The Morgan fingerprint density at radius 2 is 1.41 bits per heavy atom. The lowest BCUT2D eigenvalue weighted by Gasteiger charge is -2.11. The molecule has 0 saturated heterocycles. The molecule has 0 amide bonds. The van der Waals surface area contributed by atoms with Gasteiger partial charge in [0.05, 0.1) is 10.4 Å². The van der Waals surface area contributed by atoms with Crippen LogP contribution >= 0.6 is 46.4 Å². The molecule has 0 aliphatic carbocycles. The van der Waals surface area contributed by atoms with Crippen LogP contribution in [0.2, 0.25) is 0 Å². The lowest BCUT2D eigenvalue weighted by atomic mass is 10.2. The molecule has 0 unspecified atom stereocenters. The fourth-order valence-electron chi connectivity index (χ4n) is 1.69. The third-order valence-corrected chi connectivity index (χ3v) is 8.22. The first-order chi connectivity index (χ1) is 10.1. The van der Waals surface area contributed by atoms with Gasteiger partial charge in [-0.15, -0.1) is 0 Å². The molecule has 0 aliphatic rings. The van der Waals surface area contributed by atoms with Gasteiger partial charge in [-0.2, -0.15) is 0 Å². The SMILES string of the molecule is O=S(=O)(c1cc(S(=O)(=O)C(Cl)Cl)c2ccccc2n1)C(Cl)Cl. The Hall–Kier alpha value is -0.310.